The predicted molar refractivity (Wildman–Crippen MR) is 82.9 cm³/mol. The standard InChI is InChI=1S/C13H14BrN3O2S/c1-7(2)12(13(18)19)15-11-6-3-8(16-17-11)9-4-5-10(14)20-9/h3-7,12H,1-2H3,(H,15,17)(H,18,19)/t12-/m1/s1. The molecule has 2 heterocycles. The molecule has 2 aromatic heterocycles. The summed E-state index contributed by atoms with van der Waals surface area (Å²) in [4.78, 5) is 12.1. The summed E-state index contributed by atoms with van der Waals surface area (Å²) in [6, 6.07) is 6.81. The fourth-order valence-electron chi connectivity index (χ4n) is 1.67. The van der Waals surface area contributed by atoms with Crippen molar-refractivity contribution in [2.45, 2.75) is 19.9 Å². The summed E-state index contributed by atoms with van der Waals surface area (Å²) in [7, 11) is 0. The van der Waals surface area contributed by atoms with Crippen molar-refractivity contribution in [3.8, 4) is 10.6 Å². The Bertz CT molecular complexity index is 598. The van der Waals surface area contributed by atoms with Crippen molar-refractivity contribution < 1.29 is 9.90 Å². The van der Waals surface area contributed by atoms with Gasteiger partial charge in [0, 0.05) is 0 Å². The lowest BCUT2D eigenvalue weighted by atomic mass is 10.1. The fraction of sp³-hybridized carbons (Fsp3) is 0.308. The average Bonchev–Trinajstić information content (AvgIpc) is 2.82. The van der Waals surface area contributed by atoms with E-state index in [2.05, 4.69) is 31.4 Å². The molecule has 1 atom stereocenters. The number of thiophene rings is 1. The summed E-state index contributed by atoms with van der Waals surface area (Å²) in [6.07, 6.45) is 0. The molecule has 5 nitrogen and oxygen atoms in total. The van der Waals surface area contributed by atoms with Gasteiger partial charge in [-0.05, 0) is 46.1 Å². The molecule has 2 rings (SSSR count). The minimum absolute atomic E-state index is 0.0396. The number of aromatic nitrogens is 2. The normalized spacial score (nSPS) is 12.4. The van der Waals surface area contributed by atoms with Crippen LogP contribution in [-0.2, 0) is 4.79 Å². The first-order valence-corrected chi connectivity index (χ1v) is 7.67. The van der Waals surface area contributed by atoms with Gasteiger partial charge in [-0.2, -0.15) is 0 Å². The van der Waals surface area contributed by atoms with E-state index in [1.54, 1.807) is 17.4 Å². The zero-order valence-electron chi connectivity index (χ0n) is 11.0. The average molecular weight is 356 g/mol. The maximum atomic E-state index is 11.1. The number of hydrogen-bond acceptors (Lipinski definition) is 5. The number of aliphatic carboxylic acids is 1. The fourth-order valence-corrected chi connectivity index (χ4v) is 3.02. The molecule has 106 valence electrons. The molecule has 0 aliphatic heterocycles. The van der Waals surface area contributed by atoms with Gasteiger partial charge in [-0.3, -0.25) is 0 Å². The van der Waals surface area contributed by atoms with Crippen LogP contribution in [0.15, 0.2) is 28.1 Å². The quantitative estimate of drug-likeness (QED) is 0.858. The van der Waals surface area contributed by atoms with Crippen LogP contribution in [0.25, 0.3) is 10.6 Å². The second kappa shape index (κ2) is 6.32. The number of carbonyl (C=O) groups is 1. The highest BCUT2D eigenvalue weighted by molar-refractivity contribution is 9.11. The Morgan fingerprint density at radius 3 is 2.50 bits per heavy atom. The van der Waals surface area contributed by atoms with Gasteiger partial charge in [-0.25, -0.2) is 4.79 Å². The second-order valence-electron chi connectivity index (χ2n) is 4.61. The van der Waals surface area contributed by atoms with Crippen molar-refractivity contribution in [1.82, 2.24) is 10.2 Å². The van der Waals surface area contributed by atoms with Gasteiger partial charge >= 0.3 is 5.97 Å². The highest BCUT2D eigenvalue weighted by Gasteiger charge is 2.21. The SMILES string of the molecule is CC(C)[C@@H](Nc1ccc(-c2ccc(Br)s2)nn1)C(=O)O. The molecule has 0 amide bonds. The minimum Gasteiger partial charge on any atom is -0.480 e. The van der Waals surface area contributed by atoms with Gasteiger partial charge in [0.2, 0.25) is 0 Å². The van der Waals surface area contributed by atoms with Crippen LogP contribution in [0.2, 0.25) is 0 Å². The zero-order valence-corrected chi connectivity index (χ0v) is 13.4. The first kappa shape index (κ1) is 14.9. The first-order chi connectivity index (χ1) is 9.47. The number of halogens is 1. The van der Waals surface area contributed by atoms with E-state index in [-0.39, 0.29) is 5.92 Å². The largest absolute Gasteiger partial charge is 0.480 e. The highest BCUT2D eigenvalue weighted by atomic mass is 79.9. The molecular formula is C13H14BrN3O2S. The lowest BCUT2D eigenvalue weighted by molar-refractivity contribution is -0.138. The maximum absolute atomic E-state index is 11.1. The van der Waals surface area contributed by atoms with Gasteiger partial charge in [0.25, 0.3) is 0 Å². The van der Waals surface area contributed by atoms with E-state index in [9.17, 15) is 4.79 Å². The molecule has 0 saturated carbocycles. The Morgan fingerprint density at radius 2 is 2.05 bits per heavy atom. The Labute approximate surface area is 129 Å². The smallest absolute Gasteiger partial charge is 0.326 e. The summed E-state index contributed by atoms with van der Waals surface area (Å²) < 4.78 is 1.03. The van der Waals surface area contributed by atoms with Crippen molar-refractivity contribution in [1.29, 1.82) is 0 Å². The predicted octanol–water partition coefficient (Wildman–Crippen LogP) is 3.49. The third kappa shape index (κ3) is 3.55. The molecule has 2 aromatic rings. The molecule has 0 aliphatic rings. The van der Waals surface area contributed by atoms with Crippen LogP contribution >= 0.6 is 27.3 Å². The molecule has 0 bridgehead atoms. The first-order valence-electron chi connectivity index (χ1n) is 6.06. The van der Waals surface area contributed by atoms with Crippen molar-refractivity contribution in [3.05, 3.63) is 28.1 Å². The van der Waals surface area contributed by atoms with Crippen molar-refractivity contribution in [2.24, 2.45) is 5.92 Å². The number of rotatable bonds is 5. The van der Waals surface area contributed by atoms with Gasteiger partial charge in [-0.15, -0.1) is 21.5 Å². The maximum Gasteiger partial charge on any atom is 0.326 e. The van der Waals surface area contributed by atoms with Gasteiger partial charge in [0.15, 0.2) is 0 Å². The number of carboxylic acids is 1. The van der Waals surface area contributed by atoms with Gasteiger partial charge < -0.3 is 10.4 Å². The van der Waals surface area contributed by atoms with E-state index < -0.39 is 12.0 Å². The summed E-state index contributed by atoms with van der Waals surface area (Å²) in [6.45, 7) is 3.69. The molecule has 2 N–H and O–H groups in total. The third-order valence-electron chi connectivity index (χ3n) is 2.73. The van der Waals surface area contributed by atoms with Crippen LogP contribution in [0.1, 0.15) is 13.8 Å². The number of hydrogen-bond donors (Lipinski definition) is 2. The van der Waals surface area contributed by atoms with E-state index in [4.69, 9.17) is 5.11 Å². The topological polar surface area (TPSA) is 75.1 Å². The van der Waals surface area contributed by atoms with Crippen LogP contribution < -0.4 is 5.32 Å². The molecule has 0 aliphatic carbocycles. The third-order valence-corrected chi connectivity index (χ3v) is 4.37. The molecular weight excluding hydrogens is 342 g/mol. The summed E-state index contributed by atoms with van der Waals surface area (Å²) >= 11 is 4.97. The Kier molecular flexibility index (Phi) is 4.72. The number of anilines is 1. The lowest BCUT2D eigenvalue weighted by Crippen LogP contribution is -2.34. The monoisotopic (exact) mass is 355 g/mol. The van der Waals surface area contributed by atoms with E-state index >= 15 is 0 Å². The Hall–Kier alpha value is -1.47. The van der Waals surface area contributed by atoms with Gasteiger partial charge in [0.05, 0.1) is 8.66 Å². The zero-order chi connectivity index (χ0) is 14.7. The molecule has 0 radical (unpaired) electrons. The van der Waals surface area contributed by atoms with Gasteiger partial charge in [0.1, 0.15) is 17.6 Å². The molecule has 0 spiro atoms. The highest BCUT2D eigenvalue weighted by Crippen LogP contribution is 2.29. The Balaban J connectivity index is 2.14. The number of nitrogens with zero attached hydrogens (tertiary/aromatic N) is 2. The molecule has 0 fully saturated rings. The minimum atomic E-state index is -0.895. The van der Waals surface area contributed by atoms with E-state index in [1.165, 1.54) is 0 Å². The molecule has 0 saturated heterocycles. The molecule has 0 aromatic carbocycles. The van der Waals surface area contributed by atoms with Crippen molar-refractivity contribution >= 4 is 39.1 Å². The second-order valence-corrected chi connectivity index (χ2v) is 7.07. The number of carboxylic acid groups (broad SMARTS) is 1. The van der Waals surface area contributed by atoms with Crippen LogP contribution in [-0.4, -0.2) is 27.3 Å². The lowest BCUT2D eigenvalue weighted by Gasteiger charge is -2.17. The molecule has 20 heavy (non-hydrogen) atoms. The van der Waals surface area contributed by atoms with Crippen LogP contribution in [0.5, 0.6) is 0 Å². The molecule has 0 unspecified atom stereocenters. The van der Waals surface area contributed by atoms with Crippen LogP contribution in [0.3, 0.4) is 0 Å². The summed E-state index contributed by atoms with van der Waals surface area (Å²) in [5.74, 6) is -0.472. The summed E-state index contributed by atoms with van der Waals surface area (Å²) in [5.41, 5.74) is 0.766. The van der Waals surface area contributed by atoms with Crippen LogP contribution in [0.4, 0.5) is 5.82 Å². The van der Waals surface area contributed by atoms with E-state index in [0.717, 1.165) is 14.4 Å². The van der Waals surface area contributed by atoms with E-state index in [1.807, 2.05) is 32.0 Å². The van der Waals surface area contributed by atoms with Crippen LogP contribution in [0, 0.1) is 5.92 Å². The van der Waals surface area contributed by atoms with Gasteiger partial charge in [-0.1, -0.05) is 13.8 Å². The Morgan fingerprint density at radius 1 is 1.30 bits per heavy atom. The van der Waals surface area contributed by atoms with E-state index in [0.29, 0.717) is 5.82 Å². The number of nitrogens with one attached hydrogen (secondary N) is 1. The van der Waals surface area contributed by atoms with Crippen molar-refractivity contribution in [2.75, 3.05) is 5.32 Å². The molecule has 7 heteroatoms. The van der Waals surface area contributed by atoms with Crippen molar-refractivity contribution in [3.63, 3.8) is 0 Å². The summed E-state index contributed by atoms with van der Waals surface area (Å²) in [5, 5.41) is 20.2.